The molecule has 170 valence electrons. The first-order chi connectivity index (χ1) is 15.4. The molecule has 0 saturated carbocycles. The molecule has 0 aliphatic carbocycles. The zero-order valence-corrected chi connectivity index (χ0v) is 18.8. The molecule has 3 aromatic rings. The van der Waals surface area contributed by atoms with Crippen molar-refractivity contribution in [1.29, 1.82) is 0 Å². The van der Waals surface area contributed by atoms with E-state index in [0.29, 0.717) is 48.3 Å². The molecule has 0 aliphatic rings. The van der Waals surface area contributed by atoms with Crippen LogP contribution in [0.4, 0.5) is 5.69 Å². The Kier molecular flexibility index (Phi) is 7.72. The van der Waals surface area contributed by atoms with Crippen LogP contribution in [0.2, 0.25) is 0 Å². The maximum Gasteiger partial charge on any atom is 0.336 e. The average Bonchev–Trinajstić information content (AvgIpc) is 2.75. The number of likely N-dealkylation sites (N-methyl/N-ethyl adjacent to an activating group) is 1. The quantitative estimate of drug-likeness (QED) is 0.481. The molecule has 0 radical (unpaired) electrons. The first-order valence-electron chi connectivity index (χ1n) is 10.4. The van der Waals surface area contributed by atoms with Crippen molar-refractivity contribution in [3.63, 3.8) is 0 Å². The number of anilines is 1. The van der Waals surface area contributed by atoms with Crippen molar-refractivity contribution < 1.29 is 23.4 Å². The van der Waals surface area contributed by atoms with Crippen molar-refractivity contribution in [1.82, 2.24) is 4.90 Å². The van der Waals surface area contributed by atoms with Gasteiger partial charge in [-0.05, 0) is 50.7 Å². The molecule has 1 N–H and O–H groups in total. The Balaban J connectivity index is 1.69. The van der Waals surface area contributed by atoms with Gasteiger partial charge in [0.25, 0.3) is 0 Å². The maximum absolute atomic E-state index is 12.6. The van der Waals surface area contributed by atoms with Gasteiger partial charge in [-0.2, -0.15) is 0 Å². The van der Waals surface area contributed by atoms with Crippen molar-refractivity contribution in [2.75, 3.05) is 39.2 Å². The van der Waals surface area contributed by atoms with Crippen LogP contribution in [-0.2, 0) is 11.3 Å². The number of amides is 1. The van der Waals surface area contributed by atoms with E-state index in [0.717, 1.165) is 10.9 Å². The lowest BCUT2D eigenvalue weighted by atomic mass is 10.1. The van der Waals surface area contributed by atoms with Crippen molar-refractivity contribution in [3.05, 3.63) is 58.4 Å². The summed E-state index contributed by atoms with van der Waals surface area (Å²) in [5.41, 5.74) is 1.39. The summed E-state index contributed by atoms with van der Waals surface area (Å²) in [5.74, 6) is 1.63. The van der Waals surface area contributed by atoms with Crippen LogP contribution in [0, 0.1) is 0 Å². The number of rotatable bonds is 10. The molecule has 0 aliphatic heterocycles. The van der Waals surface area contributed by atoms with Gasteiger partial charge < -0.3 is 23.9 Å². The second-order valence-electron chi connectivity index (χ2n) is 7.20. The van der Waals surface area contributed by atoms with Gasteiger partial charge in [0.15, 0.2) is 11.5 Å². The second kappa shape index (κ2) is 10.7. The van der Waals surface area contributed by atoms with Crippen LogP contribution in [0.3, 0.4) is 0 Å². The first kappa shape index (κ1) is 23.1. The normalized spacial score (nSPS) is 10.9. The number of nitrogens with one attached hydrogen (secondary N) is 1. The summed E-state index contributed by atoms with van der Waals surface area (Å²) in [5, 5.41) is 3.67. The molecule has 1 amide bonds. The van der Waals surface area contributed by atoms with Crippen LogP contribution < -0.4 is 25.2 Å². The molecular weight excluding hydrogens is 412 g/mol. The summed E-state index contributed by atoms with van der Waals surface area (Å²) >= 11 is 0. The Hall–Kier alpha value is -3.52. The van der Waals surface area contributed by atoms with Crippen molar-refractivity contribution in [3.8, 4) is 17.2 Å². The van der Waals surface area contributed by atoms with Crippen LogP contribution in [0.15, 0.2) is 51.7 Å². The van der Waals surface area contributed by atoms with E-state index in [1.165, 1.54) is 6.07 Å². The number of nitrogens with zero attached hydrogens (tertiary/aromatic N) is 1. The fourth-order valence-corrected chi connectivity index (χ4v) is 3.39. The molecule has 0 fully saturated rings. The van der Waals surface area contributed by atoms with Gasteiger partial charge in [-0.25, -0.2) is 4.79 Å². The Morgan fingerprint density at radius 3 is 2.50 bits per heavy atom. The molecular formula is C24H28N2O6. The molecule has 8 heteroatoms. The average molecular weight is 440 g/mol. The van der Waals surface area contributed by atoms with Crippen molar-refractivity contribution in [2.45, 2.75) is 20.4 Å². The summed E-state index contributed by atoms with van der Waals surface area (Å²) in [7, 11) is 3.37. The van der Waals surface area contributed by atoms with Gasteiger partial charge in [-0.1, -0.05) is 0 Å². The summed E-state index contributed by atoms with van der Waals surface area (Å²) < 4.78 is 21.6. The third-order valence-electron chi connectivity index (χ3n) is 4.72. The predicted molar refractivity (Wildman–Crippen MR) is 123 cm³/mol. The molecule has 3 rings (SSSR count). The van der Waals surface area contributed by atoms with Gasteiger partial charge >= 0.3 is 5.63 Å². The molecule has 0 spiro atoms. The zero-order chi connectivity index (χ0) is 23.1. The molecule has 2 aromatic carbocycles. The largest absolute Gasteiger partial charge is 0.497 e. The fraction of sp³-hybridized carbons (Fsp3) is 0.333. The lowest BCUT2D eigenvalue weighted by molar-refractivity contribution is -0.117. The SMILES string of the molecule is CCOc1ccc(NC(=O)CN(C)Cc2cc(=O)oc3cc(OC)ccc23)cc1OCC. The number of fused-ring (bicyclic) bond motifs is 1. The van der Waals surface area contributed by atoms with Crippen molar-refractivity contribution in [2.24, 2.45) is 0 Å². The smallest absolute Gasteiger partial charge is 0.336 e. The van der Waals surface area contributed by atoms with E-state index in [-0.39, 0.29) is 12.5 Å². The van der Waals surface area contributed by atoms with Gasteiger partial charge in [-0.3, -0.25) is 9.69 Å². The number of ether oxygens (including phenoxy) is 3. The third-order valence-corrected chi connectivity index (χ3v) is 4.72. The topological polar surface area (TPSA) is 90.2 Å². The van der Waals surface area contributed by atoms with E-state index < -0.39 is 5.63 Å². The lowest BCUT2D eigenvalue weighted by Gasteiger charge is -2.18. The van der Waals surface area contributed by atoms with E-state index in [9.17, 15) is 9.59 Å². The first-order valence-corrected chi connectivity index (χ1v) is 10.4. The van der Waals surface area contributed by atoms with Crippen LogP contribution in [0.25, 0.3) is 11.0 Å². The molecule has 32 heavy (non-hydrogen) atoms. The second-order valence-corrected chi connectivity index (χ2v) is 7.20. The molecule has 8 nitrogen and oxygen atoms in total. The highest BCUT2D eigenvalue weighted by Gasteiger charge is 2.13. The lowest BCUT2D eigenvalue weighted by Crippen LogP contribution is -2.30. The van der Waals surface area contributed by atoms with Gasteiger partial charge in [0, 0.05) is 35.8 Å². The van der Waals surface area contributed by atoms with Crippen LogP contribution in [0.5, 0.6) is 17.2 Å². The monoisotopic (exact) mass is 440 g/mol. The Morgan fingerprint density at radius 2 is 1.78 bits per heavy atom. The summed E-state index contributed by atoms with van der Waals surface area (Å²) in [6.45, 7) is 5.34. The van der Waals surface area contributed by atoms with Crippen molar-refractivity contribution >= 4 is 22.6 Å². The van der Waals surface area contributed by atoms with Gasteiger partial charge in [-0.15, -0.1) is 0 Å². The molecule has 1 aromatic heterocycles. The minimum absolute atomic E-state index is 0.134. The van der Waals surface area contributed by atoms with E-state index >= 15 is 0 Å². The summed E-state index contributed by atoms with van der Waals surface area (Å²) in [4.78, 5) is 26.4. The molecule has 0 saturated heterocycles. The standard InChI is InChI=1S/C24H28N2O6/c1-5-30-20-10-7-17(12-22(20)31-6-2)25-23(27)15-26(3)14-16-11-24(28)32-21-13-18(29-4)8-9-19(16)21/h7-13H,5-6,14-15H2,1-4H3,(H,25,27). The summed E-state index contributed by atoms with van der Waals surface area (Å²) in [6.07, 6.45) is 0. The number of carbonyl (C=O) groups excluding carboxylic acids is 1. The Labute approximate surface area is 186 Å². The molecule has 0 bridgehead atoms. The molecule has 0 atom stereocenters. The van der Waals surface area contributed by atoms with Crippen LogP contribution in [0.1, 0.15) is 19.4 Å². The van der Waals surface area contributed by atoms with Gasteiger partial charge in [0.1, 0.15) is 11.3 Å². The fourth-order valence-electron chi connectivity index (χ4n) is 3.39. The highest BCUT2D eigenvalue weighted by Crippen LogP contribution is 2.30. The zero-order valence-electron chi connectivity index (χ0n) is 18.8. The van der Waals surface area contributed by atoms with E-state index in [2.05, 4.69) is 5.32 Å². The van der Waals surface area contributed by atoms with E-state index in [1.54, 1.807) is 37.4 Å². The third kappa shape index (κ3) is 5.79. The number of benzene rings is 2. The Morgan fingerprint density at radius 1 is 1.03 bits per heavy atom. The van der Waals surface area contributed by atoms with E-state index in [1.807, 2.05) is 31.9 Å². The highest BCUT2D eigenvalue weighted by atomic mass is 16.5. The molecule has 1 heterocycles. The minimum atomic E-state index is -0.448. The van der Waals surface area contributed by atoms with E-state index in [4.69, 9.17) is 18.6 Å². The van der Waals surface area contributed by atoms with Crippen LogP contribution >= 0.6 is 0 Å². The number of methoxy groups -OCH3 is 1. The maximum atomic E-state index is 12.6. The minimum Gasteiger partial charge on any atom is -0.497 e. The Bertz CT molecular complexity index is 1140. The van der Waals surface area contributed by atoms with Crippen LogP contribution in [-0.4, -0.2) is 44.7 Å². The highest BCUT2D eigenvalue weighted by molar-refractivity contribution is 5.92. The number of carbonyl (C=O) groups is 1. The number of hydrogen-bond donors (Lipinski definition) is 1. The number of hydrogen-bond acceptors (Lipinski definition) is 7. The van der Waals surface area contributed by atoms with Gasteiger partial charge in [0.05, 0.1) is 26.9 Å². The molecule has 0 unspecified atom stereocenters. The van der Waals surface area contributed by atoms with Gasteiger partial charge in [0.2, 0.25) is 5.91 Å². The summed E-state index contributed by atoms with van der Waals surface area (Å²) in [6, 6.07) is 12.1. The predicted octanol–water partition coefficient (Wildman–Crippen LogP) is 3.67.